The van der Waals surface area contributed by atoms with Gasteiger partial charge >= 0.3 is 5.69 Å². The van der Waals surface area contributed by atoms with Gasteiger partial charge in [-0.1, -0.05) is 39.8 Å². The Hall–Kier alpha value is -4.47. The van der Waals surface area contributed by atoms with E-state index in [1.54, 1.807) is 38.2 Å². The third kappa shape index (κ3) is 5.46. The highest BCUT2D eigenvalue weighted by atomic mass is 19.1. The summed E-state index contributed by atoms with van der Waals surface area (Å²) in [6.45, 7) is 11.3. The predicted octanol–water partition coefficient (Wildman–Crippen LogP) is 4.86. The third-order valence-corrected chi connectivity index (χ3v) is 6.90. The van der Waals surface area contributed by atoms with E-state index in [-0.39, 0.29) is 45.3 Å². The smallest absolute Gasteiger partial charge is 0.336 e. The molecule has 218 valence electrons. The highest BCUT2D eigenvalue weighted by Crippen LogP contribution is 2.35. The molecule has 41 heavy (non-hydrogen) atoms. The molecule has 0 aliphatic heterocycles. The lowest BCUT2D eigenvalue weighted by Gasteiger charge is -2.26. The van der Waals surface area contributed by atoms with Gasteiger partial charge in [0.1, 0.15) is 17.0 Å². The number of hydrogen-bond donors (Lipinski definition) is 1. The molecular weight excluding hydrogens is 525 g/mol. The summed E-state index contributed by atoms with van der Waals surface area (Å²) in [7, 11) is 3.08. The number of anilines is 2. The third-order valence-electron chi connectivity index (χ3n) is 6.90. The summed E-state index contributed by atoms with van der Waals surface area (Å²) in [5, 5.41) is 0.0954. The highest BCUT2D eigenvalue weighted by molar-refractivity contribution is 5.95. The summed E-state index contributed by atoms with van der Waals surface area (Å²) >= 11 is 0. The minimum absolute atomic E-state index is 0.0954. The quantitative estimate of drug-likeness (QED) is 0.373. The molecule has 1 fully saturated rings. The van der Waals surface area contributed by atoms with Gasteiger partial charge in [-0.25, -0.2) is 9.18 Å². The summed E-state index contributed by atoms with van der Waals surface area (Å²) in [6.07, 6.45) is 1.31. The number of nitrogens with two attached hydrogens (primary N) is 1. The molecule has 0 bridgehead atoms. The minimum atomic E-state index is -0.683. The highest BCUT2D eigenvalue weighted by Gasteiger charge is 2.32. The Balaban J connectivity index is 0.00000111. The van der Waals surface area contributed by atoms with Crippen molar-refractivity contribution in [3.05, 3.63) is 96.2 Å². The van der Waals surface area contributed by atoms with Gasteiger partial charge < -0.3 is 10.6 Å². The molecule has 1 saturated carbocycles. The van der Waals surface area contributed by atoms with Crippen molar-refractivity contribution in [2.45, 2.75) is 60.4 Å². The second kappa shape index (κ2) is 12.4. The van der Waals surface area contributed by atoms with Crippen LogP contribution in [0.2, 0.25) is 0 Å². The maximum absolute atomic E-state index is 15.0. The molecule has 2 N–H and O–H groups in total. The van der Waals surface area contributed by atoms with Crippen molar-refractivity contribution < 1.29 is 9.18 Å². The predicted molar refractivity (Wildman–Crippen MR) is 162 cm³/mol. The average Bonchev–Trinajstić information content (AvgIpc) is 3.80. The summed E-state index contributed by atoms with van der Waals surface area (Å²) in [6, 6.07) is 10.5. The molecule has 2 heterocycles. The van der Waals surface area contributed by atoms with Gasteiger partial charge in [0.05, 0.1) is 16.9 Å². The Morgan fingerprint density at radius 3 is 2.17 bits per heavy atom. The Kier molecular flexibility index (Phi) is 9.37. The number of hydrogen-bond acceptors (Lipinski definition) is 5. The van der Waals surface area contributed by atoms with Gasteiger partial charge in [-0.05, 0) is 62.6 Å². The molecule has 1 amide bonds. The molecule has 2 aromatic heterocycles. The Labute approximate surface area is 238 Å². The lowest BCUT2D eigenvalue weighted by atomic mass is 10.1. The van der Waals surface area contributed by atoms with Crippen LogP contribution in [0.5, 0.6) is 0 Å². The monoisotopic (exact) mass is 563 g/mol. The second-order valence-electron chi connectivity index (χ2n) is 9.49. The van der Waals surface area contributed by atoms with Gasteiger partial charge in [-0.15, -0.1) is 0 Å². The zero-order chi connectivity index (χ0) is 30.8. The molecule has 10 heteroatoms. The van der Waals surface area contributed by atoms with Crippen molar-refractivity contribution in [1.29, 1.82) is 0 Å². The molecule has 0 radical (unpaired) electrons. The summed E-state index contributed by atoms with van der Waals surface area (Å²) < 4.78 is 18.8. The number of rotatable bonds is 5. The number of fused-ring (bicyclic) bond motifs is 1. The van der Waals surface area contributed by atoms with Crippen molar-refractivity contribution in [2.24, 2.45) is 12.8 Å². The fourth-order valence-electron chi connectivity index (χ4n) is 4.88. The van der Waals surface area contributed by atoms with E-state index >= 15 is 4.39 Å². The molecule has 0 atom stereocenters. The van der Waals surface area contributed by atoms with E-state index in [0.717, 1.165) is 5.56 Å². The molecule has 1 aliphatic carbocycles. The van der Waals surface area contributed by atoms with Crippen LogP contribution in [0, 0.1) is 19.7 Å². The maximum Gasteiger partial charge on any atom is 0.336 e. The van der Waals surface area contributed by atoms with Crippen LogP contribution in [0.3, 0.4) is 0 Å². The summed E-state index contributed by atoms with van der Waals surface area (Å²) in [5.74, 6) is -1.06. The normalized spacial score (nSPS) is 12.2. The van der Waals surface area contributed by atoms with Crippen molar-refractivity contribution in [2.75, 3.05) is 11.9 Å². The van der Waals surface area contributed by atoms with Crippen LogP contribution < -0.4 is 27.4 Å². The SMILES string of the molecule is CC.CC.Cc1ccc(N(C)c2c3c(=O)n(C4CC4)c(=O)n(-c4cccc(C(N)=O)c4)c3c(C)c(=O)n2C)c(F)c1. The fraction of sp³-hybridized carbons (Fsp3) is 0.355. The molecule has 2 aromatic carbocycles. The van der Waals surface area contributed by atoms with Gasteiger partial charge in [0.15, 0.2) is 0 Å². The number of carbonyl (C=O) groups excluding carboxylic acids is 1. The summed E-state index contributed by atoms with van der Waals surface area (Å²) in [5.41, 5.74) is 5.45. The van der Waals surface area contributed by atoms with Crippen molar-refractivity contribution >= 4 is 28.3 Å². The average molecular weight is 564 g/mol. The molecule has 9 nitrogen and oxygen atoms in total. The van der Waals surface area contributed by atoms with Crippen LogP contribution in [0.4, 0.5) is 15.9 Å². The zero-order valence-corrected chi connectivity index (χ0v) is 24.9. The molecule has 0 unspecified atom stereocenters. The van der Waals surface area contributed by atoms with Gasteiger partial charge in [0, 0.05) is 31.3 Å². The van der Waals surface area contributed by atoms with Crippen LogP contribution in [-0.4, -0.2) is 26.7 Å². The van der Waals surface area contributed by atoms with E-state index in [0.29, 0.717) is 12.8 Å². The standard InChI is InChI=1S/C27H26FN5O4.2C2H6/c1-14-8-11-20(19(28)12-14)30(3)24-21-22(15(2)25(35)31(24)4)32(18-7-5-6-16(13-18)23(29)34)27(37)33(26(21)36)17-9-10-17;2*1-2/h5-8,11-13,17H,9-10H2,1-4H3,(H2,29,34);2*1-2H3. The number of amides is 1. The summed E-state index contributed by atoms with van der Waals surface area (Å²) in [4.78, 5) is 54.5. The number of primary amides is 1. The Bertz CT molecular complexity index is 1800. The minimum Gasteiger partial charge on any atom is -0.366 e. The van der Waals surface area contributed by atoms with Crippen LogP contribution >= 0.6 is 0 Å². The van der Waals surface area contributed by atoms with Crippen LogP contribution in [0.1, 0.15) is 68.1 Å². The van der Waals surface area contributed by atoms with Crippen LogP contribution in [-0.2, 0) is 7.05 Å². The molecule has 0 saturated heterocycles. The van der Waals surface area contributed by atoms with E-state index < -0.39 is 28.5 Å². The van der Waals surface area contributed by atoms with Crippen LogP contribution in [0.15, 0.2) is 56.8 Å². The van der Waals surface area contributed by atoms with Gasteiger partial charge in [0.25, 0.3) is 11.1 Å². The van der Waals surface area contributed by atoms with E-state index in [9.17, 15) is 19.2 Å². The number of nitrogens with zero attached hydrogens (tertiary/aromatic N) is 4. The first-order valence-corrected chi connectivity index (χ1v) is 13.8. The number of benzene rings is 2. The number of aromatic nitrogens is 3. The number of carbonyl (C=O) groups is 1. The van der Waals surface area contributed by atoms with E-state index in [2.05, 4.69) is 0 Å². The van der Waals surface area contributed by atoms with Gasteiger partial charge in [0.2, 0.25) is 5.91 Å². The number of pyridine rings is 1. The molecular formula is C31H38FN5O4. The number of halogens is 1. The van der Waals surface area contributed by atoms with E-state index in [1.807, 2.05) is 27.7 Å². The van der Waals surface area contributed by atoms with Crippen molar-refractivity contribution in [3.63, 3.8) is 0 Å². The Morgan fingerprint density at radius 2 is 1.61 bits per heavy atom. The maximum atomic E-state index is 15.0. The second-order valence-corrected chi connectivity index (χ2v) is 9.49. The largest absolute Gasteiger partial charge is 0.366 e. The molecule has 5 rings (SSSR count). The zero-order valence-electron chi connectivity index (χ0n) is 24.9. The van der Waals surface area contributed by atoms with Gasteiger partial charge in [-0.3, -0.25) is 28.1 Å². The van der Waals surface area contributed by atoms with Gasteiger partial charge in [-0.2, -0.15) is 0 Å². The van der Waals surface area contributed by atoms with E-state index in [1.165, 1.54) is 50.8 Å². The van der Waals surface area contributed by atoms with E-state index in [4.69, 9.17) is 5.73 Å². The number of aryl methyl sites for hydroxylation is 2. The molecule has 1 aliphatic rings. The first-order chi connectivity index (χ1) is 19.5. The van der Waals surface area contributed by atoms with Crippen molar-refractivity contribution in [3.8, 4) is 5.69 Å². The Morgan fingerprint density at radius 1 is 0.976 bits per heavy atom. The lowest BCUT2D eigenvalue weighted by Crippen LogP contribution is -2.42. The molecule has 0 spiro atoms. The first kappa shape index (κ1) is 31.1. The fourth-order valence-corrected chi connectivity index (χ4v) is 4.88. The first-order valence-electron chi connectivity index (χ1n) is 13.8. The van der Waals surface area contributed by atoms with Crippen molar-refractivity contribution in [1.82, 2.24) is 13.7 Å². The van der Waals surface area contributed by atoms with Crippen LogP contribution in [0.25, 0.3) is 16.6 Å². The topological polar surface area (TPSA) is 112 Å². The lowest BCUT2D eigenvalue weighted by molar-refractivity contribution is 0.1000. The molecule has 4 aromatic rings.